The van der Waals surface area contributed by atoms with Crippen molar-refractivity contribution in [3.63, 3.8) is 0 Å². The summed E-state index contributed by atoms with van der Waals surface area (Å²) in [5, 5.41) is 0. The molecule has 0 spiro atoms. The van der Waals surface area contributed by atoms with E-state index in [1.807, 2.05) is 4.93 Å². The molecule has 0 saturated carbocycles. The Morgan fingerprint density at radius 3 is 2.42 bits per heavy atom. The number of hydrogen-bond acceptors (Lipinski definition) is 1. The monoisotopic (exact) mass is 346 g/mol. The minimum absolute atomic E-state index is 0.267. The molecule has 0 atom stereocenters. The van der Waals surface area contributed by atoms with Crippen LogP contribution in [-0.2, 0) is 0 Å². The molecule has 0 radical (unpaired) electrons. The van der Waals surface area contributed by atoms with Crippen LogP contribution in [-0.4, -0.2) is 12.0 Å². The van der Waals surface area contributed by atoms with Gasteiger partial charge >= 0.3 is 0 Å². The lowest BCUT2D eigenvalue weighted by molar-refractivity contribution is 0.386. The zero-order valence-corrected chi connectivity index (χ0v) is 10.5. The molecule has 0 fully saturated rings. The van der Waals surface area contributed by atoms with Crippen molar-refractivity contribution >= 4 is 38.5 Å². The van der Waals surface area contributed by atoms with Crippen molar-refractivity contribution in [2.24, 2.45) is 0 Å². The Kier molecular flexibility index (Phi) is 6.74. The lowest BCUT2D eigenvalue weighted by Crippen LogP contribution is -1.86. The van der Waals surface area contributed by atoms with E-state index in [2.05, 4.69) is 38.5 Å². The van der Waals surface area contributed by atoms with Crippen LogP contribution in [0.2, 0.25) is 0 Å². The molecule has 0 N–H and O–H groups in total. The van der Waals surface area contributed by atoms with Gasteiger partial charge in [-0.3, -0.25) is 0 Å². The molecule has 0 aliphatic carbocycles. The number of halogens is 3. The minimum Gasteiger partial charge on any atom is -0.494 e. The van der Waals surface area contributed by atoms with E-state index in [9.17, 15) is 4.39 Å². The summed E-state index contributed by atoms with van der Waals surface area (Å²) in [5.41, 5.74) is 0. The molecule has 1 aromatic rings. The molecule has 0 aliphatic rings. The van der Waals surface area contributed by atoms with Crippen molar-refractivity contribution in [3.05, 3.63) is 28.5 Å². The van der Waals surface area contributed by atoms with Crippen LogP contribution in [0.4, 0.5) is 4.39 Å². The third-order valence-corrected chi connectivity index (χ3v) is 1.61. The highest BCUT2D eigenvalue weighted by atomic mass is 127. The zero-order valence-electron chi connectivity index (χ0n) is 6.77. The molecule has 0 bridgehead atoms. The van der Waals surface area contributed by atoms with E-state index < -0.39 is 0 Å². The lowest BCUT2D eigenvalue weighted by Gasteiger charge is -1.99. The van der Waals surface area contributed by atoms with Crippen LogP contribution < -0.4 is 4.74 Å². The first kappa shape index (κ1) is 12.2. The summed E-state index contributed by atoms with van der Waals surface area (Å²) in [6.45, 7) is 0. The summed E-state index contributed by atoms with van der Waals surface area (Å²) in [6, 6.07) is 4.65. The van der Waals surface area contributed by atoms with Gasteiger partial charge in [-0.2, -0.15) is 0 Å². The quantitative estimate of drug-likeness (QED) is 0.557. The van der Waals surface area contributed by atoms with E-state index in [4.69, 9.17) is 4.74 Å². The van der Waals surface area contributed by atoms with Crippen molar-refractivity contribution in [2.45, 2.75) is 0 Å². The molecule has 1 aromatic carbocycles. The van der Waals surface area contributed by atoms with Gasteiger partial charge in [0.15, 0.2) is 11.6 Å². The van der Waals surface area contributed by atoms with E-state index >= 15 is 0 Å². The Morgan fingerprint density at radius 2 is 2.00 bits per heavy atom. The van der Waals surface area contributed by atoms with E-state index in [1.54, 1.807) is 12.1 Å². The number of hydrogen-bond donors (Lipinski definition) is 0. The van der Waals surface area contributed by atoms with Gasteiger partial charge in [-0.05, 0) is 23.1 Å². The van der Waals surface area contributed by atoms with Crippen LogP contribution in [0.25, 0.3) is 0 Å². The third-order valence-electron chi connectivity index (χ3n) is 1.11. The maximum atomic E-state index is 12.7. The highest BCUT2D eigenvalue weighted by Crippen LogP contribution is 2.20. The van der Waals surface area contributed by atoms with Gasteiger partial charge in [-0.15, -0.1) is 0 Å². The maximum absolute atomic E-state index is 12.7. The number of benzene rings is 1. The molecule has 0 heterocycles. The zero-order chi connectivity index (χ0) is 9.56. The van der Waals surface area contributed by atoms with E-state index in [1.165, 1.54) is 13.2 Å². The van der Waals surface area contributed by atoms with Gasteiger partial charge < -0.3 is 4.74 Å². The molecule has 0 amide bonds. The van der Waals surface area contributed by atoms with Crippen LogP contribution in [0.1, 0.15) is 0 Å². The molecular weight excluding hydrogens is 338 g/mol. The van der Waals surface area contributed by atoms with Gasteiger partial charge in [-0.1, -0.05) is 38.5 Å². The van der Waals surface area contributed by atoms with Gasteiger partial charge in [-0.25, -0.2) is 4.39 Å². The van der Waals surface area contributed by atoms with E-state index in [0.29, 0.717) is 4.47 Å². The second kappa shape index (κ2) is 6.65. The number of methoxy groups -OCH3 is 1. The fourth-order valence-corrected chi connectivity index (χ4v) is 0.974. The first-order valence-corrected chi connectivity index (χ1v) is 6.06. The number of ether oxygens (including phenoxy) is 1. The Hall–Kier alpha value is 0.160. The van der Waals surface area contributed by atoms with Crippen LogP contribution in [0.5, 0.6) is 5.75 Å². The summed E-state index contributed by atoms with van der Waals surface area (Å²) >= 11 is 5.28. The van der Waals surface area contributed by atoms with Crippen LogP contribution in [0.15, 0.2) is 22.7 Å². The summed E-state index contributed by atoms with van der Waals surface area (Å²) < 4.78 is 18.1. The molecule has 0 aromatic heterocycles. The SMILES string of the molecule is CI.COc1ccc(Br)cc1F. The normalized spacial score (nSPS) is 8.42. The standard InChI is InChI=1S/C7H6BrFO.CH3I/c1-10-7-3-2-5(8)4-6(7)9;1-2/h2-4H,1H3;1H3. The highest BCUT2D eigenvalue weighted by molar-refractivity contribution is 14.1. The first-order chi connectivity index (χ1) is 5.74. The number of alkyl halides is 1. The Morgan fingerprint density at radius 1 is 1.42 bits per heavy atom. The maximum Gasteiger partial charge on any atom is 0.166 e. The fourth-order valence-electron chi connectivity index (χ4n) is 0.641. The van der Waals surface area contributed by atoms with Gasteiger partial charge in [0.1, 0.15) is 0 Å². The van der Waals surface area contributed by atoms with Crippen LogP contribution >= 0.6 is 38.5 Å². The van der Waals surface area contributed by atoms with E-state index in [-0.39, 0.29) is 11.6 Å². The summed E-state index contributed by atoms with van der Waals surface area (Å²) in [5.74, 6) is -0.0833. The van der Waals surface area contributed by atoms with Crippen molar-refractivity contribution in [1.82, 2.24) is 0 Å². The second-order valence-electron chi connectivity index (χ2n) is 1.78. The topological polar surface area (TPSA) is 9.23 Å². The van der Waals surface area contributed by atoms with Gasteiger partial charge in [0.05, 0.1) is 7.11 Å². The van der Waals surface area contributed by atoms with Crippen LogP contribution in [0.3, 0.4) is 0 Å². The Bertz CT molecular complexity index is 242. The largest absolute Gasteiger partial charge is 0.494 e. The van der Waals surface area contributed by atoms with Gasteiger partial charge in [0, 0.05) is 4.47 Å². The summed E-state index contributed by atoms with van der Waals surface area (Å²) in [6.07, 6.45) is 0. The highest BCUT2D eigenvalue weighted by Gasteiger charge is 1.99. The van der Waals surface area contributed by atoms with Crippen LogP contribution in [0, 0.1) is 5.82 Å². The van der Waals surface area contributed by atoms with Crippen molar-refractivity contribution in [2.75, 3.05) is 12.0 Å². The van der Waals surface area contributed by atoms with Crippen molar-refractivity contribution < 1.29 is 9.13 Å². The number of rotatable bonds is 1. The first-order valence-electron chi connectivity index (χ1n) is 3.11. The third kappa shape index (κ3) is 3.71. The molecule has 68 valence electrons. The molecule has 4 heteroatoms. The predicted molar refractivity (Wildman–Crippen MR) is 60.6 cm³/mol. The average Bonchev–Trinajstić information content (AvgIpc) is 2.08. The molecule has 1 nitrogen and oxygen atoms in total. The van der Waals surface area contributed by atoms with Crippen molar-refractivity contribution in [1.29, 1.82) is 0 Å². The molecule has 0 unspecified atom stereocenters. The average molecular weight is 347 g/mol. The molecule has 0 aliphatic heterocycles. The van der Waals surface area contributed by atoms with Gasteiger partial charge in [0.2, 0.25) is 0 Å². The minimum atomic E-state index is -0.350. The molecule has 0 saturated heterocycles. The molecular formula is C8H9BrFIO. The van der Waals surface area contributed by atoms with E-state index in [0.717, 1.165) is 0 Å². The second-order valence-corrected chi connectivity index (χ2v) is 2.69. The fraction of sp³-hybridized carbons (Fsp3) is 0.250. The summed E-state index contributed by atoms with van der Waals surface area (Å²) in [7, 11) is 1.44. The molecule has 12 heavy (non-hydrogen) atoms. The smallest absolute Gasteiger partial charge is 0.166 e. The summed E-state index contributed by atoms with van der Waals surface area (Å²) in [4.78, 5) is 1.97. The predicted octanol–water partition coefficient (Wildman–Crippen LogP) is 3.65. The Balaban J connectivity index is 0.000000561. The lowest BCUT2D eigenvalue weighted by atomic mass is 10.3. The van der Waals surface area contributed by atoms with Gasteiger partial charge in [0.25, 0.3) is 0 Å². The van der Waals surface area contributed by atoms with Crippen molar-refractivity contribution in [3.8, 4) is 5.75 Å². The Labute approximate surface area is 93.6 Å². The molecule has 1 rings (SSSR count).